The molecule has 0 nitrogen and oxygen atoms in total. The predicted molar refractivity (Wildman–Crippen MR) is 49.2 cm³/mol. The average molecular weight is 150 g/mol. The Balaban J connectivity index is 2.42. The summed E-state index contributed by atoms with van der Waals surface area (Å²) in [6, 6.07) is 0. The second-order valence-corrected chi connectivity index (χ2v) is 4.50. The van der Waals surface area contributed by atoms with Gasteiger partial charge in [-0.15, -0.1) is 0 Å². The molecule has 0 amide bonds. The zero-order valence-electron chi connectivity index (χ0n) is 7.91. The third-order valence-electron chi connectivity index (χ3n) is 2.01. The summed E-state index contributed by atoms with van der Waals surface area (Å²) < 4.78 is 0. The lowest BCUT2D eigenvalue weighted by molar-refractivity contribution is 0.566. The van der Waals surface area contributed by atoms with Gasteiger partial charge in [-0.2, -0.15) is 0 Å². The van der Waals surface area contributed by atoms with E-state index in [9.17, 15) is 0 Å². The van der Waals surface area contributed by atoms with Gasteiger partial charge in [0.15, 0.2) is 0 Å². The van der Waals surface area contributed by atoms with Crippen molar-refractivity contribution in [3.63, 3.8) is 0 Å². The Hall–Kier alpha value is -0.440. The van der Waals surface area contributed by atoms with Crippen molar-refractivity contribution in [2.75, 3.05) is 0 Å². The van der Waals surface area contributed by atoms with Crippen molar-refractivity contribution in [2.24, 2.45) is 11.3 Å². The van der Waals surface area contributed by atoms with E-state index >= 15 is 0 Å². The lowest BCUT2D eigenvalue weighted by atomic mass is 9.96. The zero-order chi connectivity index (χ0) is 8.32. The van der Waals surface area contributed by atoms with E-state index in [4.69, 9.17) is 0 Å². The molecule has 0 aliphatic heterocycles. The quantitative estimate of drug-likeness (QED) is 0.465. The van der Waals surface area contributed by atoms with Gasteiger partial charge in [0.1, 0.15) is 0 Å². The molecule has 0 bridgehead atoms. The number of hydrogen-bond acceptors (Lipinski definition) is 0. The summed E-state index contributed by atoms with van der Waals surface area (Å²) >= 11 is 0. The predicted octanol–water partition coefficient (Wildman–Crippen LogP) is 3.23. The van der Waals surface area contributed by atoms with Crippen LogP contribution < -0.4 is 0 Å². The summed E-state index contributed by atoms with van der Waals surface area (Å²) in [6.07, 6.45) is 5.46. The molecule has 0 atom stereocenters. The van der Waals surface area contributed by atoms with E-state index in [2.05, 4.69) is 32.6 Å². The second kappa shape index (κ2) is 3.30. The first-order chi connectivity index (χ1) is 5.08. The molecule has 0 radical (unpaired) electrons. The molecule has 0 heterocycles. The monoisotopic (exact) mass is 150 g/mol. The first kappa shape index (κ1) is 8.65. The maximum atomic E-state index is 3.37. The van der Waals surface area contributed by atoms with Crippen LogP contribution in [0.2, 0.25) is 0 Å². The molecule has 0 aromatic carbocycles. The van der Waals surface area contributed by atoms with E-state index in [1.54, 1.807) is 0 Å². The highest BCUT2D eigenvalue weighted by Gasteiger charge is 2.12. The van der Waals surface area contributed by atoms with Crippen molar-refractivity contribution in [1.29, 1.82) is 0 Å². The molecule has 1 fully saturated rings. The van der Waals surface area contributed by atoms with Crippen molar-refractivity contribution < 1.29 is 0 Å². The zero-order valence-corrected chi connectivity index (χ0v) is 7.91. The van der Waals surface area contributed by atoms with Crippen LogP contribution in [0.15, 0.2) is 0 Å². The normalized spacial score (nSPS) is 19.5. The fourth-order valence-corrected chi connectivity index (χ4v) is 1.39. The van der Waals surface area contributed by atoms with Gasteiger partial charge in [-0.1, -0.05) is 24.7 Å². The molecule has 1 aliphatic carbocycles. The Kier molecular flexibility index (Phi) is 2.60. The van der Waals surface area contributed by atoms with Gasteiger partial charge in [0.2, 0.25) is 0 Å². The minimum Gasteiger partial charge on any atom is -0.0994 e. The van der Waals surface area contributed by atoms with Gasteiger partial charge >= 0.3 is 0 Å². The summed E-state index contributed by atoms with van der Waals surface area (Å²) in [4.78, 5) is 0. The van der Waals surface area contributed by atoms with Gasteiger partial charge in [-0.3, -0.25) is 0 Å². The molecular formula is C11H18. The largest absolute Gasteiger partial charge is 0.0994 e. The summed E-state index contributed by atoms with van der Waals surface area (Å²) in [5.41, 5.74) is 0.197. The highest BCUT2D eigenvalue weighted by molar-refractivity contribution is 5.10. The van der Waals surface area contributed by atoms with E-state index in [0.717, 1.165) is 0 Å². The minimum absolute atomic E-state index is 0.197. The average Bonchev–Trinajstić information content (AvgIpc) is 2.32. The van der Waals surface area contributed by atoms with Crippen molar-refractivity contribution in [1.82, 2.24) is 0 Å². The first-order valence-corrected chi connectivity index (χ1v) is 4.61. The first-order valence-electron chi connectivity index (χ1n) is 4.61. The van der Waals surface area contributed by atoms with E-state index in [1.165, 1.54) is 25.7 Å². The number of hydrogen-bond donors (Lipinski definition) is 0. The van der Waals surface area contributed by atoms with Gasteiger partial charge in [0, 0.05) is 11.3 Å². The van der Waals surface area contributed by atoms with Gasteiger partial charge in [-0.05, 0) is 33.6 Å². The molecule has 1 saturated carbocycles. The molecule has 0 heteroatoms. The third kappa shape index (κ3) is 3.46. The molecule has 0 N–H and O–H groups in total. The van der Waals surface area contributed by atoms with E-state index < -0.39 is 0 Å². The smallest absolute Gasteiger partial charge is 0.0230 e. The highest BCUT2D eigenvalue weighted by atomic mass is 14.2. The molecule has 0 aromatic rings. The Morgan fingerprint density at radius 3 is 2.09 bits per heavy atom. The molecule has 0 unspecified atom stereocenters. The summed E-state index contributed by atoms with van der Waals surface area (Å²) in [6.45, 7) is 6.53. The summed E-state index contributed by atoms with van der Waals surface area (Å²) in [7, 11) is 0. The lowest BCUT2D eigenvalue weighted by Crippen LogP contribution is -2.00. The molecular weight excluding hydrogens is 132 g/mol. The van der Waals surface area contributed by atoms with Gasteiger partial charge in [0.25, 0.3) is 0 Å². The van der Waals surface area contributed by atoms with Gasteiger partial charge in [0.05, 0.1) is 0 Å². The minimum atomic E-state index is 0.197. The molecule has 0 spiro atoms. The van der Waals surface area contributed by atoms with Crippen molar-refractivity contribution in [3.05, 3.63) is 0 Å². The Morgan fingerprint density at radius 1 is 1.09 bits per heavy atom. The Morgan fingerprint density at radius 2 is 1.64 bits per heavy atom. The fraction of sp³-hybridized carbons (Fsp3) is 0.818. The van der Waals surface area contributed by atoms with Crippen LogP contribution in [0.5, 0.6) is 0 Å². The van der Waals surface area contributed by atoms with E-state index in [1.807, 2.05) is 0 Å². The maximum Gasteiger partial charge on any atom is 0.0230 e. The van der Waals surface area contributed by atoms with Crippen LogP contribution in [0.4, 0.5) is 0 Å². The Bertz CT molecular complexity index is 166. The molecule has 1 aliphatic rings. The SMILES string of the molecule is CC(C)(C)C#CC1CCCC1. The van der Waals surface area contributed by atoms with Crippen LogP contribution in [-0.4, -0.2) is 0 Å². The van der Waals surface area contributed by atoms with Gasteiger partial charge in [-0.25, -0.2) is 0 Å². The highest BCUT2D eigenvalue weighted by Crippen LogP contribution is 2.24. The molecule has 0 saturated heterocycles. The Labute approximate surface area is 70.4 Å². The van der Waals surface area contributed by atoms with E-state index in [-0.39, 0.29) is 5.41 Å². The van der Waals surface area contributed by atoms with Crippen molar-refractivity contribution >= 4 is 0 Å². The standard InChI is InChI=1S/C11H18/c1-11(2,3)9-8-10-6-4-5-7-10/h10H,4-7H2,1-3H3. The topological polar surface area (TPSA) is 0 Å². The molecule has 0 aromatic heterocycles. The van der Waals surface area contributed by atoms with Crippen LogP contribution in [-0.2, 0) is 0 Å². The second-order valence-electron chi connectivity index (χ2n) is 4.50. The molecule has 1 rings (SSSR count). The third-order valence-corrected chi connectivity index (χ3v) is 2.01. The van der Waals surface area contributed by atoms with E-state index in [0.29, 0.717) is 5.92 Å². The number of rotatable bonds is 0. The summed E-state index contributed by atoms with van der Waals surface area (Å²) in [5, 5.41) is 0. The summed E-state index contributed by atoms with van der Waals surface area (Å²) in [5.74, 6) is 7.40. The van der Waals surface area contributed by atoms with Crippen molar-refractivity contribution in [3.8, 4) is 11.8 Å². The fourth-order valence-electron chi connectivity index (χ4n) is 1.39. The van der Waals surface area contributed by atoms with Crippen LogP contribution in [0.25, 0.3) is 0 Å². The molecule has 62 valence electrons. The van der Waals surface area contributed by atoms with Crippen LogP contribution >= 0.6 is 0 Å². The maximum absolute atomic E-state index is 3.37. The molecule has 11 heavy (non-hydrogen) atoms. The van der Waals surface area contributed by atoms with Crippen LogP contribution in [0.1, 0.15) is 46.5 Å². The lowest BCUT2D eigenvalue weighted by Gasteiger charge is -2.08. The van der Waals surface area contributed by atoms with Crippen LogP contribution in [0, 0.1) is 23.2 Å². The van der Waals surface area contributed by atoms with Crippen molar-refractivity contribution in [2.45, 2.75) is 46.5 Å². The van der Waals surface area contributed by atoms with Crippen LogP contribution in [0.3, 0.4) is 0 Å². The van der Waals surface area contributed by atoms with Gasteiger partial charge < -0.3 is 0 Å².